The lowest BCUT2D eigenvalue weighted by Crippen LogP contribution is -2.38. The SMILES string of the molecule is CC(C)[C@H]1CC[C@@H](C)C[C@H]1OP(=O)(O[C@@H]1C[C@H](C)CC[C@@H]1C(C)C)[C@H](N[C@H](C)c1ccccc1)c1ccc(N(C)C)cc1. The molecule has 2 aliphatic rings. The maximum atomic E-state index is 15.9. The topological polar surface area (TPSA) is 50.8 Å². The third-order valence-corrected chi connectivity index (χ3v) is 12.4. The van der Waals surface area contributed by atoms with Crippen LogP contribution in [0.4, 0.5) is 5.69 Å². The molecule has 240 valence electrons. The van der Waals surface area contributed by atoms with Gasteiger partial charge in [0.2, 0.25) is 0 Å². The number of nitrogens with one attached hydrogen (secondary N) is 1. The molecule has 0 heterocycles. The van der Waals surface area contributed by atoms with E-state index in [1.54, 1.807) is 0 Å². The molecule has 0 aromatic heterocycles. The Hall–Kier alpha value is -1.65. The van der Waals surface area contributed by atoms with Crippen molar-refractivity contribution in [1.82, 2.24) is 5.32 Å². The number of hydrogen-bond acceptors (Lipinski definition) is 5. The fourth-order valence-electron chi connectivity index (χ4n) is 7.40. The summed E-state index contributed by atoms with van der Waals surface area (Å²) >= 11 is 0. The van der Waals surface area contributed by atoms with Gasteiger partial charge in [0.1, 0.15) is 5.78 Å². The van der Waals surface area contributed by atoms with E-state index in [0.717, 1.165) is 42.5 Å². The lowest BCUT2D eigenvalue weighted by molar-refractivity contribution is -0.00718. The maximum Gasteiger partial charge on any atom is 0.352 e. The van der Waals surface area contributed by atoms with Crippen LogP contribution < -0.4 is 10.2 Å². The van der Waals surface area contributed by atoms with Gasteiger partial charge in [-0.05, 0) is 91.4 Å². The summed E-state index contributed by atoms with van der Waals surface area (Å²) in [6, 6.07) is 18.8. The summed E-state index contributed by atoms with van der Waals surface area (Å²) in [5, 5.41) is 3.80. The van der Waals surface area contributed by atoms with Crippen LogP contribution in [0.5, 0.6) is 0 Å². The summed E-state index contributed by atoms with van der Waals surface area (Å²) in [5.41, 5.74) is 3.21. The maximum absolute atomic E-state index is 15.9. The standard InChI is InChI=1S/C37H59N2O3P/c1-25(2)33-21-15-27(5)23-35(33)41-43(40,42-36-24-28(6)16-22-34(36)26(3)4)37(31-17-19-32(20-18-31)39(8)9)38-29(7)30-13-11-10-12-14-30/h10-14,17-20,25-29,33-38H,15-16,21-24H2,1-9H3/t27-,28-,29-,33-,34-,35-,36-,37+/m1/s1. The second-order valence-electron chi connectivity index (χ2n) is 14.7. The molecule has 1 N–H and O–H groups in total. The number of rotatable bonds is 12. The van der Waals surface area contributed by atoms with Crippen molar-refractivity contribution in [2.24, 2.45) is 35.5 Å². The minimum Gasteiger partial charge on any atom is -0.378 e. The zero-order chi connectivity index (χ0) is 31.3. The van der Waals surface area contributed by atoms with Gasteiger partial charge in [0.25, 0.3) is 0 Å². The Morgan fingerprint density at radius 2 is 1.21 bits per heavy atom. The molecule has 0 bridgehead atoms. The van der Waals surface area contributed by atoms with Gasteiger partial charge in [0.05, 0.1) is 12.2 Å². The first kappa shape index (κ1) is 34.2. The first-order valence-corrected chi connectivity index (χ1v) is 18.5. The summed E-state index contributed by atoms with van der Waals surface area (Å²) in [5.74, 6) is 2.14. The zero-order valence-corrected chi connectivity index (χ0v) is 29.2. The third kappa shape index (κ3) is 8.75. The Balaban J connectivity index is 1.80. The van der Waals surface area contributed by atoms with Gasteiger partial charge < -0.3 is 13.9 Å². The van der Waals surface area contributed by atoms with E-state index in [0.29, 0.717) is 35.5 Å². The predicted octanol–water partition coefficient (Wildman–Crippen LogP) is 10.2. The van der Waals surface area contributed by atoms with E-state index >= 15 is 4.57 Å². The molecular weight excluding hydrogens is 551 g/mol. The van der Waals surface area contributed by atoms with E-state index in [4.69, 9.17) is 9.05 Å². The monoisotopic (exact) mass is 610 g/mol. The molecule has 0 spiro atoms. The number of hydrogen-bond donors (Lipinski definition) is 1. The van der Waals surface area contributed by atoms with E-state index in [-0.39, 0.29) is 18.2 Å². The molecule has 2 aliphatic carbocycles. The Labute approximate surface area is 263 Å². The van der Waals surface area contributed by atoms with Crippen molar-refractivity contribution < 1.29 is 13.6 Å². The normalized spacial score (nSPS) is 28.2. The molecule has 2 saturated carbocycles. The van der Waals surface area contributed by atoms with Gasteiger partial charge >= 0.3 is 7.60 Å². The lowest BCUT2D eigenvalue weighted by atomic mass is 9.75. The van der Waals surface area contributed by atoms with Crippen LogP contribution in [-0.2, 0) is 13.6 Å². The van der Waals surface area contributed by atoms with E-state index in [9.17, 15) is 0 Å². The minimum absolute atomic E-state index is 0.0439. The zero-order valence-electron chi connectivity index (χ0n) is 28.3. The average molecular weight is 611 g/mol. The van der Waals surface area contributed by atoms with Crippen molar-refractivity contribution in [2.45, 2.75) is 111 Å². The Morgan fingerprint density at radius 1 is 0.721 bits per heavy atom. The van der Waals surface area contributed by atoms with E-state index in [2.05, 4.69) is 107 Å². The van der Waals surface area contributed by atoms with E-state index < -0.39 is 13.4 Å². The molecule has 4 rings (SSSR count). The van der Waals surface area contributed by atoms with Gasteiger partial charge in [-0.15, -0.1) is 0 Å². The van der Waals surface area contributed by atoms with Crippen LogP contribution in [0.15, 0.2) is 54.6 Å². The first-order valence-electron chi connectivity index (χ1n) is 16.9. The van der Waals surface area contributed by atoms with Gasteiger partial charge in [0.15, 0.2) is 0 Å². The highest BCUT2D eigenvalue weighted by Gasteiger charge is 2.47. The van der Waals surface area contributed by atoms with Gasteiger partial charge in [-0.2, -0.15) is 0 Å². The van der Waals surface area contributed by atoms with Gasteiger partial charge in [0, 0.05) is 25.8 Å². The molecule has 8 atom stereocenters. The summed E-state index contributed by atoms with van der Waals surface area (Å²) < 4.78 is 30.0. The van der Waals surface area contributed by atoms with Crippen LogP contribution in [0.25, 0.3) is 0 Å². The predicted molar refractivity (Wildman–Crippen MR) is 182 cm³/mol. The van der Waals surface area contributed by atoms with Crippen LogP contribution in [0.1, 0.15) is 110 Å². The molecule has 0 saturated heterocycles. The Kier molecular flexibility index (Phi) is 12.0. The Bertz CT molecular complexity index is 1130. The van der Waals surface area contributed by atoms with Crippen molar-refractivity contribution in [1.29, 1.82) is 0 Å². The van der Waals surface area contributed by atoms with Crippen molar-refractivity contribution in [3.05, 3.63) is 65.7 Å². The van der Waals surface area contributed by atoms with Crippen LogP contribution >= 0.6 is 7.60 Å². The highest BCUT2D eigenvalue weighted by Crippen LogP contribution is 2.65. The number of anilines is 1. The van der Waals surface area contributed by atoms with Crippen molar-refractivity contribution in [3.8, 4) is 0 Å². The molecular formula is C37H59N2O3P. The Morgan fingerprint density at radius 3 is 1.65 bits per heavy atom. The smallest absolute Gasteiger partial charge is 0.352 e. The fourth-order valence-corrected chi connectivity index (χ4v) is 9.87. The molecule has 2 fully saturated rings. The molecule has 2 aromatic rings. The molecule has 6 heteroatoms. The van der Waals surface area contributed by atoms with E-state index in [1.807, 2.05) is 20.2 Å². The summed E-state index contributed by atoms with van der Waals surface area (Å²) in [4.78, 5) is 2.10. The molecule has 2 aromatic carbocycles. The van der Waals surface area contributed by atoms with Crippen LogP contribution in [0, 0.1) is 35.5 Å². The molecule has 5 nitrogen and oxygen atoms in total. The quantitative estimate of drug-likeness (QED) is 0.242. The van der Waals surface area contributed by atoms with Gasteiger partial charge in [-0.25, -0.2) is 0 Å². The summed E-state index contributed by atoms with van der Waals surface area (Å²) in [6.45, 7) is 15.9. The van der Waals surface area contributed by atoms with Gasteiger partial charge in [-0.1, -0.05) is 96.8 Å². The fraction of sp³-hybridized carbons (Fsp3) is 0.676. The molecule has 43 heavy (non-hydrogen) atoms. The number of benzene rings is 2. The second kappa shape index (κ2) is 15.1. The van der Waals surface area contributed by atoms with Crippen molar-refractivity contribution >= 4 is 13.3 Å². The average Bonchev–Trinajstić information content (AvgIpc) is 2.96. The highest BCUT2D eigenvalue weighted by atomic mass is 31.2. The third-order valence-electron chi connectivity index (χ3n) is 10.2. The summed E-state index contributed by atoms with van der Waals surface area (Å²) in [6.07, 6.45) is 6.26. The largest absolute Gasteiger partial charge is 0.378 e. The minimum atomic E-state index is -3.73. The van der Waals surface area contributed by atoms with Crippen molar-refractivity contribution in [2.75, 3.05) is 19.0 Å². The summed E-state index contributed by atoms with van der Waals surface area (Å²) in [7, 11) is 0.362. The molecule has 0 aliphatic heterocycles. The first-order chi connectivity index (χ1) is 20.4. The van der Waals surface area contributed by atoms with Crippen LogP contribution in [0.3, 0.4) is 0 Å². The van der Waals surface area contributed by atoms with Gasteiger partial charge in [-0.3, -0.25) is 9.88 Å². The molecule has 0 unspecified atom stereocenters. The lowest BCUT2D eigenvalue weighted by Gasteiger charge is -2.44. The van der Waals surface area contributed by atoms with Crippen molar-refractivity contribution in [3.63, 3.8) is 0 Å². The van der Waals surface area contributed by atoms with Crippen LogP contribution in [0.2, 0.25) is 0 Å². The van der Waals surface area contributed by atoms with Crippen LogP contribution in [-0.4, -0.2) is 26.3 Å². The molecule has 0 radical (unpaired) electrons. The van der Waals surface area contributed by atoms with E-state index in [1.165, 1.54) is 12.8 Å². The second-order valence-corrected chi connectivity index (χ2v) is 16.7. The molecule has 0 amide bonds. The number of nitrogens with zero attached hydrogens (tertiary/aromatic N) is 1. The highest BCUT2D eigenvalue weighted by molar-refractivity contribution is 7.54.